The average molecular weight is 190 g/mol. The molecule has 0 saturated heterocycles. The van der Waals surface area contributed by atoms with Crippen molar-refractivity contribution in [2.45, 2.75) is 31.3 Å². The molecule has 0 aromatic carbocycles. The van der Waals surface area contributed by atoms with Crippen molar-refractivity contribution >= 4 is 0 Å². The van der Waals surface area contributed by atoms with Crippen molar-refractivity contribution in [3.05, 3.63) is 24.3 Å². The van der Waals surface area contributed by atoms with E-state index in [0.717, 1.165) is 18.4 Å². The number of hydrogen-bond donors (Lipinski definition) is 1. The van der Waals surface area contributed by atoms with Gasteiger partial charge >= 0.3 is 0 Å². The number of fused-ring (bicyclic) bond motifs is 1. The maximum Gasteiger partial charge on any atom is 0.115 e. The van der Waals surface area contributed by atoms with Gasteiger partial charge in [0.05, 0.1) is 5.60 Å². The van der Waals surface area contributed by atoms with Gasteiger partial charge in [-0.3, -0.25) is 0 Å². The SMILES string of the molecule is OC1(c2cncnc2)C2CCCCC21. The van der Waals surface area contributed by atoms with E-state index in [4.69, 9.17) is 0 Å². The summed E-state index contributed by atoms with van der Waals surface area (Å²) in [4.78, 5) is 7.96. The van der Waals surface area contributed by atoms with Crippen LogP contribution >= 0.6 is 0 Å². The molecule has 2 atom stereocenters. The van der Waals surface area contributed by atoms with Gasteiger partial charge in [-0.2, -0.15) is 0 Å². The van der Waals surface area contributed by atoms with Crippen molar-refractivity contribution in [1.82, 2.24) is 9.97 Å². The van der Waals surface area contributed by atoms with Gasteiger partial charge in [0.15, 0.2) is 0 Å². The lowest BCUT2D eigenvalue weighted by molar-refractivity contribution is 0.117. The molecule has 2 saturated carbocycles. The zero-order valence-electron chi connectivity index (χ0n) is 8.06. The molecule has 1 heterocycles. The molecule has 14 heavy (non-hydrogen) atoms. The van der Waals surface area contributed by atoms with Crippen LogP contribution in [0.5, 0.6) is 0 Å². The summed E-state index contributed by atoms with van der Waals surface area (Å²) in [5, 5.41) is 10.5. The number of hydrogen-bond acceptors (Lipinski definition) is 3. The van der Waals surface area contributed by atoms with Crippen molar-refractivity contribution in [2.24, 2.45) is 11.8 Å². The third kappa shape index (κ3) is 0.960. The van der Waals surface area contributed by atoms with E-state index >= 15 is 0 Å². The molecule has 2 aliphatic rings. The molecule has 1 aromatic heterocycles. The largest absolute Gasteiger partial charge is 0.384 e. The van der Waals surface area contributed by atoms with Crippen LogP contribution in [0.25, 0.3) is 0 Å². The van der Waals surface area contributed by atoms with Crippen LogP contribution in [0, 0.1) is 11.8 Å². The third-order valence-electron chi connectivity index (χ3n) is 3.81. The molecule has 2 unspecified atom stereocenters. The first-order valence-corrected chi connectivity index (χ1v) is 5.31. The molecule has 3 heteroatoms. The van der Waals surface area contributed by atoms with E-state index in [1.54, 1.807) is 12.4 Å². The maximum absolute atomic E-state index is 10.5. The predicted molar refractivity (Wildman–Crippen MR) is 51.4 cm³/mol. The van der Waals surface area contributed by atoms with Crippen LogP contribution in [-0.2, 0) is 5.60 Å². The van der Waals surface area contributed by atoms with E-state index < -0.39 is 5.60 Å². The van der Waals surface area contributed by atoms with Crippen LogP contribution in [0.3, 0.4) is 0 Å². The van der Waals surface area contributed by atoms with Crippen LogP contribution in [0.2, 0.25) is 0 Å². The summed E-state index contributed by atoms with van der Waals surface area (Å²) in [6.07, 6.45) is 9.87. The Morgan fingerprint density at radius 2 is 1.71 bits per heavy atom. The van der Waals surface area contributed by atoms with Crippen molar-refractivity contribution in [2.75, 3.05) is 0 Å². The number of nitrogens with zero attached hydrogens (tertiary/aromatic N) is 2. The molecule has 2 aliphatic carbocycles. The lowest BCUT2D eigenvalue weighted by Gasteiger charge is -2.08. The second kappa shape index (κ2) is 2.76. The molecule has 0 aliphatic heterocycles. The second-order valence-electron chi connectivity index (χ2n) is 4.45. The Hall–Kier alpha value is -0.960. The highest BCUT2D eigenvalue weighted by atomic mass is 16.3. The van der Waals surface area contributed by atoms with E-state index in [-0.39, 0.29) is 0 Å². The topological polar surface area (TPSA) is 46.0 Å². The first kappa shape index (κ1) is 8.36. The van der Waals surface area contributed by atoms with Crippen LogP contribution in [0.1, 0.15) is 31.2 Å². The van der Waals surface area contributed by atoms with Gasteiger partial charge in [0, 0.05) is 18.0 Å². The summed E-state index contributed by atoms with van der Waals surface area (Å²) in [5.41, 5.74) is 0.328. The lowest BCUT2D eigenvalue weighted by atomic mass is 10.0. The van der Waals surface area contributed by atoms with E-state index in [9.17, 15) is 5.11 Å². The molecule has 74 valence electrons. The zero-order chi connectivity index (χ0) is 9.60. The summed E-state index contributed by atoms with van der Waals surface area (Å²) in [7, 11) is 0. The van der Waals surface area contributed by atoms with E-state index in [2.05, 4.69) is 9.97 Å². The first-order chi connectivity index (χ1) is 6.83. The molecule has 2 fully saturated rings. The van der Waals surface area contributed by atoms with Gasteiger partial charge in [0.25, 0.3) is 0 Å². The van der Waals surface area contributed by atoms with Crippen LogP contribution in [0.4, 0.5) is 0 Å². The van der Waals surface area contributed by atoms with Gasteiger partial charge in [0.2, 0.25) is 0 Å². The Morgan fingerprint density at radius 3 is 2.29 bits per heavy atom. The van der Waals surface area contributed by atoms with Crippen LogP contribution in [-0.4, -0.2) is 15.1 Å². The normalized spacial score (nSPS) is 40.4. The summed E-state index contributed by atoms with van der Waals surface area (Å²) >= 11 is 0. The summed E-state index contributed by atoms with van der Waals surface area (Å²) in [5.74, 6) is 0.949. The molecular formula is C11H14N2O. The summed E-state index contributed by atoms with van der Waals surface area (Å²) < 4.78 is 0. The van der Waals surface area contributed by atoms with Crippen molar-refractivity contribution in [3.63, 3.8) is 0 Å². The molecule has 0 bridgehead atoms. The molecule has 3 rings (SSSR count). The highest BCUT2D eigenvalue weighted by molar-refractivity contribution is 5.28. The molecule has 1 N–H and O–H groups in total. The second-order valence-corrected chi connectivity index (χ2v) is 4.45. The minimum atomic E-state index is -0.586. The lowest BCUT2D eigenvalue weighted by Crippen LogP contribution is -2.10. The van der Waals surface area contributed by atoms with Gasteiger partial charge in [-0.25, -0.2) is 9.97 Å². The van der Waals surface area contributed by atoms with E-state index in [0.29, 0.717) is 11.8 Å². The average Bonchev–Trinajstić information content (AvgIpc) is 2.89. The van der Waals surface area contributed by atoms with Gasteiger partial charge in [-0.05, 0) is 24.7 Å². The molecule has 3 nitrogen and oxygen atoms in total. The standard InChI is InChI=1S/C11H14N2O/c14-11(8-5-12-7-13-6-8)9-3-1-2-4-10(9)11/h5-7,9-10,14H,1-4H2. The summed E-state index contributed by atoms with van der Waals surface area (Å²) in [6.45, 7) is 0. The highest BCUT2D eigenvalue weighted by Gasteiger charge is 2.64. The van der Waals surface area contributed by atoms with Crippen molar-refractivity contribution < 1.29 is 5.11 Å². The minimum Gasteiger partial charge on any atom is -0.384 e. The third-order valence-corrected chi connectivity index (χ3v) is 3.81. The van der Waals surface area contributed by atoms with Crippen molar-refractivity contribution in [3.8, 4) is 0 Å². The molecule has 0 spiro atoms. The Morgan fingerprint density at radius 1 is 1.14 bits per heavy atom. The fourth-order valence-electron chi connectivity index (χ4n) is 3.03. The predicted octanol–water partition coefficient (Wildman–Crippen LogP) is 1.48. The maximum atomic E-state index is 10.5. The zero-order valence-corrected chi connectivity index (χ0v) is 8.06. The number of rotatable bonds is 1. The van der Waals surface area contributed by atoms with Crippen LogP contribution in [0.15, 0.2) is 18.7 Å². The Labute approximate surface area is 83.2 Å². The van der Waals surface area contributed by atoms with E-state index in [1.165, 1.54) is 19.2 Å². The Kier molecular flexibility index (Phi) is 1.65. The Balaban J connectivity index is 1.92. The summed E-state index contributed by atoms with van der Waals surface area (Å²) in [6, 6.07) is 0. The number of aromatic nitrogens is 2. The monoisotopic (exact) mass is 190 g/mol. The molecular weight excluding hydrogens is 176 g/mol. The first-order valence-electron chi connectivity index (χ1n) is 5.31. The quantitative estimate of drug-likeness (QED) is 0.729. The number of aliphatic hydroxyl groups is 1. The highest BCUT2D eigenvalue weighted by Crippen LogP contribution is 2.64. The van der Waals surface area contributed by atoms with Gasteiger partial charge in [-0.1, -0.05) is 12.8 Å². The van der Waals surface area contributed by atoms with Crippen molar-refractivity contribution in [1.29, 1.82) is 0 Å². The fourth-order valence-corrected chi connectivity index (χ4v) is 3.03. The smallest absolute Gasteiger partial charge is 0.115 e. The fraction of sp³-hybridized carbons (Fsp3) is 0.636. The molecule has 0 amide bonds. The molecule has 0 radical (unpaired) electrons. The van der Waals surface area contributed by atoms with Gasteiger partial charge < -0.3 is 5.11 Å². The molecule has 1 aromatic rings. The van der Waals surface area contributed by atoms with Gasteiger partial charge in [0.1, 0.15) is 6.33 Å². The van der Waals surface area contributed by atoms with E-state index in [1.807, 2.05) is 0 Å². The minimum absolute atomic E-state index is 0.474. The van der Waals surface area contributed by atoms with Gasteiger partial charge in [-0.15, -0.1) is 0 Å². The Bertz CT molecular complexity index is 326. The van der Waals surface area contributed by atoms with Crippen LogP contribution < -0.4 is 0 Å².